The predicted octanol–water partition coefficient (Wildman–Crippen LogP) is 4.91. The molecule has 19 heavy (non-hydrogen) atoms. The van der Waals surface area contributed by atoms with E-state index in [9.17, 15) is 0 Å². The van der Waals surface area contributed by atoms with Crippen LogP contribution in [0.15, 0.2) is 23.2 Å². The van der Waals surface area contributed by atoms with E-state index in [1.807, 2.05) is 0 Å². The lowest BCUT2D eigenvalue weighted by Crippen LogP contribution is -2.05. The Balaban J connectivity index is 2.75. The van der Waals surface area contributed by atoms with Crippen LogP contribution in [0.4, 0.5) is 0 Å². The monoisotopic (exact) mass is 259 g/mol. The van der Waals surface area contributed by atoms with Crippen molar-refractivity contribution >= 4 is 6.21 Å². The molecule has 0 amide bonds. The van der Waals surface area contributed by atoms with Crippen LogP contribution in [0.3, 0.4) is 0 Å². The molecule has 1 unspecified atom stereocenters. The van der Waals surface area contributed by atoms with Gasteiger partial charge in [-0.15, -0.1) is 0 Å². The number of benzene rings is 1. The average Bonchev–Trinajstić information content (AvgIpc) is 2.37. The van der Waals surface area contributed by atoms with Gasteiger partial charge >= 0.3 is 0 Å². The highest BCUT2D eigenvalue weighted by Gasteiger charge is 2.05. The topological polar surface area (TPSA) is 12.4 Å². The Kier molecular flexibility index (Phi) is 6.83. The van der Waals surface area contributed by atoms with Gasteiger partial charge in [-0.1, -0.05) is 52.8 Å². The molecule has 0 fully saturated rings. The minimum absolute atomic E-state index is 0.676. The molecule has 1 atom stereocenters. The quantitative estimate of drug-likeness (QED) is 0.617. The van der Waals surface area contributed by atoms with Crippen LogP contribution in [0.2, 0.25) is 0 Å². The van der Waals surface area contributed by atoms with Gasteiger partial charge in [0.1, 0.15) is 0 Å². The summed E-state index contributed by atoms with van der Waals surface area (Å²) in [4.78, 5) is 4.69. The number of aryl methyl sites for hydroxylation is 2. The van der Waals surface area contributed by atoms with Gasteiger partial charge in [-0.3, -0.25) is 4.99 Å². The van der Waals surface area contributed by atoms with Crippen molar-refractivity contribution in [2.45, 2.75) is 53.9 Å². The van der Waals surface area contributed by atoms with E-state index in [-0.39, 0.29) is 0 Å². The first-order chi connectivity index (χ1) is 9.08. The van der Waals surface area contributed by atoms with Gasteiger partial charge < -0.3 is 0 Å². The Morgan fingerprint density at radius 1 is 1.05 bits per heavy atom. The Morgan fingerprint density at radius 3 is 2.11 bits per heavy atom. The van der Waals surface area contributed by atoms with E-state index in [0.29, 0.717) is 5.92 Å². The van der Waals surface area contributed by atoms with Gasteiger partial charge in [0.05, 0.1) is 0 Å². The van der Waals surface area contributed by atoms with Gasteiger partial charge in [0.25, 0.3) is 0 Å². The number of hydrogen-bond donors (Lipinski definition) is 0. The molecule has 0 heterocycles. The second-order valence-electron chi connectivity index (χ2n) is 5.93. The van der Waals surface area contributed by atoms with Crippen molar-refractivity contribution in [2.75, 3.05) is 6.54 Å². The van der Waals surface area contributed by atoms with Gasteiger partial charge in [-0.25, -0.2) is 0 Å². The van der Waals surface area contributed by atoms with Crippen molar-refractivity contribution in [3.05, 3.63) is 34.9 Å². The fourth-order valence-corrected chi connectivity index (χ4v) is 2.65. The lowest BCUT2D eigenvalue weighted by atomic mass is 9.98. The maximum Gasteiger partial charge on any atom is 0.0415 e. The zero-order chi connectivity index (χ0) is 14.3. The summed E-state index contributed by atoms with van der Waals surface area (Å²) in [6.45, 7) is 12.2. The van der Waals surface area contributed by atoms with Crippen LogP contribution >= 0.6 is 0 Å². The molecule has 1 aromatic carbocycles. The van der Waals surface area contributed by atoms with E-state index in [4.69, 9.17) is 0 Å². The van der Waals surface area contributed by atoms with E-state index in [0.717, 1.165) is 25.3 Å². The largest absolute Gasteiger partial charge is 0.292 e. The zero-order valence-corrected chi connectivity index (χ0v) is 13.2. The molecule has 0 saturated heterocycles. The van der Waals surface area contributed by atoms with Crippen LogP contribution in [0.5, 0.6) is 0 Å². The molecule has 0 radical (unpaired) electrons. The molecule has 0 bridgehead atoms. The molecular weight excluding hydrogens is 230 g/mol. The first-order valence-corrected chi connectivity index (χ1v) is 7.69. The molecule has 1 rings (SSSR count). The van der Waals surface area contributed by atoms with Gasteiger partial charge in [-0.05, 0) is 47.8 Å². The Bertz CT molecular complexity index is 382. The summed E-state index contributed by atoms with van der Waals surface area (Å²) in [5.41, 5.74) is 4.18. The van der Waals surface area contributed by atoms with E-state index in [1.54, 1.807) is 0 Å². The summed E-state index contributed by atoms with van der Waals surface area (Å²) in [5, 5.41) is 0. The van der Waals surface area contributed by atoms with Crippen LogP contribution in [0.1, 0.15) is 57.7 Å². The van der Waals surface area contributed by atoms with Gasteiger partial charge in [-0.2, -0.15) is 0 Å². The van der Waals surface area contributed by atoms with Crippen molar-refractivity contribution in [3.63, 3.8) is 0 Å². The SMILES string of the molecule is CCc1cccc(CC)c1C=NCC(C)CC(C)C. The summed E-state index contributed by atoms with van der Waals surface area (Å²) >= 11 is 0. The van der Waals surface area contributed by atoms with Crippen molar-refractivity contribution in [1.82, 2.24) is 0 Å². The predicted molar refractivity (Wildman–Crippen MR) is 86.3 cm³/mol. The normalized spacial score (nSPS) is 13.4. The summed E-state index contributed by atoms with van der Waals surface area (Å²) in [5.74, 6) is 1.44. The highest BCUT2D eigenvalue weighted by molar-refractivity contribution is 5.84. The van der Waals surface area contributed by atoms with E-state index < -0.39 is 0 Å². The summed E-state index contributed by atoms with van der Waals surface area (Å²) < 4.78 is 0. The van der Waals surface area contributed by atoms with Crippen molar-refractivity contribution in [2.24, 2.45) is 16.8 Å². The minimum Gasteiger partial charge on any atom is -0.292 e. The van der Waals surface area contributed by atoms with Crippen molar-refractivity contribution < 1.29 is 0 Å². The molecular formula is C18H29N. The van der Waals surface area contributed by atoms with Crippen LogP contribution in [0, 0.1) is 11.8 Å². The third-order valence-corrected chi connectivity index (χ3v) is 3.56. The maximum absolute atomic E-state index is 4.69. The second-order valence-corrected chi connectivity index (χ2v) is 5.93. The lowest BCUT2D eigenvalue weighted by Gasteiger charge is -2.12. The highest BCUT2D eigenvalue weighted by atomic mass is 14.7. The second kappa shape index (κ2) is 8.14. The maximum atomic E-state index is 4.69. The van der Waals surface area contributed by atoms with Crippen molar-refractivity contribution in [3.8, 4) is 0 Å². The molecule has 0 spiro atoms. The Morgan fingerprint density at radius 2 is 1.63 bits per heavy atom. The van der Waals surface area contributed by atoms with E-state index >= 15 is 0 Å². The lowest BCUT2D eigenvalue weighted by molar-refractivity contribution is 0.448. The van der Waals surface area contributed by atoms with Crippen LogP contribution in [0.25, 0.3) is 0 Å². The average molecular weight is 259 g/mol. The molecule has 0 aromatic heterocycles. The molecule has 1 heteroatoms. The third kappa shape index (κ3) is 5.18. The molecule has 1 nitrogen and oxygen atoms in total. The van der Waals surface area contributed by atoms with Gasteiger partial charge in [0, 0.05) is 12.8 Å². The summed E-state index contributed by atoms with van der Waals surface area (Å²) in [6, 6.07) is 6.60. The van der Waals surface area contributed by atoms with E-state index in [2.05, 4.69) is 64.0 Å². The summed E-state index contributed by atoms with van der Waals surface area (Å²) in [6.07, 6.45) is 5.52. The number of aliphatic imine (C=N–C) groups is 1. The third-order valence-electron chi connectivity index (χ3n) is 3.56. The van der Waals surface area contributed by atoms with Gasteiger partial charge in [0.15, 0.2) is 0 Å². The first-order valence-electron chi connectivity index (χ1n) is 7.69. The molecule has 0 aliphatic rings. The zero-order valence-electron chi connectivity index (χ0n) is 13.2. The van der Waals surface area contributed by atoms with E-state index in [1.165, 1.54) is 23.1 Å². The fourth-order valence-electron chi connectivity index (χ4n) is 2.65. The molecule has 1 aromatic rings. The van der Waals surface area contributed by atoms with Crippen LogP contribution in [-0.2, 0) is 12.8 Å². The number of nitrogens with zero attached hydrogens (tertiary/aromatic N) is 1. The first kappa shape index (κ1) is 15.9. The summed E-state index contributed by atoms with van der Waals surface area (Å²) in [7, 11) is 0. The standard InChI is InChI=1S/C18H29N/c1-6-16-9-8-10-17(7-2)18(16)13-19-12-15(5)11-14(3)4/h8-10,13-15H,6-7,11-12H2,1-5H3. The molecule has 0 saturated carbocycles. The molecule has 0 aliphatic heterocycles. The van der Waals surface area contributed by atoms with Crippen LogP contribution < -0.4 is 0 Å². The Labute approximate surface area is 119 Å². The number of rotatable bonds is 7. The minimum atomic E-state index is 0.676. The Hall–Kier alpha value is -1.11. The number of hydrogen-bond acceptors (Lipinski definition) is 1. The van der Waals surface area contributed by atoms with Crippen molar-refractivity contribution in [1.29, 1.82) is 0 Å². The molecule has 106 valence electrons. The smallest absolute Gasteiger partial charge is 0.0415 e. The van der Waals surface area contributed by atoms with Crippen LogP contribution in [-0.4, -0.2) is 12.8 Å². The fraction of sp³-hybridized carbons (Fsp3) is 0.611. The molecule has 0 N–H and O–H groups in total. The molecule has 0 aliphatic carbocycles. The highest BCUT2D eigenvalue weighted by Crippen LogP contribution is 2.15. The van der Waals surface area contributed by atoms with Gasteiger partial charge in [0.2, 0.25) is 0 Å².